The molecule has 3 rings (SSSR count). The zero-order valence-corrected chi connectivity index (χ0v) is 15.6. The van der Waals surface area contributed by atoms with Crippen molar-refractivity contribution in [2.24, 2.45) is 7.05 Å². The molecule has 0 bridgehead atoms. The minimum absolute atomic E-state index is 0.121. The summed E-state index contributed by atoms with van der Waals surface area (Å²) >= 11 is 8.42. The lowest BCUT2D eigenvalue weighted by Crippen LogP contribution is -2.25. The lowest BCUT2D eigenvalue weighted by atomic mass is 10.3. The Kier molecular flexibility index (Phi) is 5.12. The molecule has 5 nitrogen and oxygen atoms in total. The summed E-state index contributed by atoms with van der Waals surface area (Å²) in [5.74, 6) is -0.799. The van der Waals surface area contributed by atoms with Crippen LogP contribution in [0.3, 0.4) is 0 Å². The first kappa shape index (κ1) is 17.9. The normalized spacial score (nSPS) is 12.3. The second-order valence-corrected chi connectivity index (χ2v) is 7.90. The van der Waals surface area contributed by atoms with E-state index in [2.05, 4.69) is 10.3 Å². The van der Waals surface area contributed by atoms with Gasteiger partial charge in [0.05, 0.1) is 21.5 Å². The molecule has 0 saturated carbocycles. The van der Waals surface area contributed by atoms with Gasteiger partial charge in [-0.25, -0.2) is 9.37 Å². The van der Waals surface area contributed by atoms with Gasteiger partial charge < -0.3 is 5.32 Å². The van der Waals surface area contributed by atoms with Crippen LogP contribution in [0.4, 0.5) is 10.1 Å². The number of thioether (sulfide) groups is 1. The van der Waals surface area contributed by atoms with E-state index in [1.165, 1.54) is 39.8 Å². The molecule has 0 aliphatic heterocycles. The highest BCUT2D eigenvalue weighted by molar-refractivity contribution is 8.00. The highest BCUT2D eigenvalue weighted by Crippen LogP contribution is 2.26. The van der Waals surface area contributed by atoms with E-state index in [1.807, 2.05) is 0 Å². The summed E-state index contributed by atoms with van der Waals surface area (Å²) in [6, 6.07) is 5.52. The number of rotatable bonds is 4. The first-order chi connectivity index (χ1) is 11.9. The smallest absolute Gasteiger partial charge is 0.271 e. The van der Waals surface area contributed by atoms with Crippen LogP contribution in [0.2, 0.25) is 5.02 Å². The summed E-state index contributed by atoms with van der Waals surface area (Å²) in [7, 11) is 1.62. The predicted octanol–water partition coefficient (Wildman–Crippen LogP) is 3.91. The number of nitrogens with zero attached hydrogens (tertiary/aromatic N) is 2. The Bertz CT molecular complexity index is 1020. The Morgan fingerprint density at radius 1 is 1.44 bits per heavy atom. The molecule has 1 amide bonds. The van der Waals surface area contributed by atoms with Gasteiger partial charge in [0.15, 0.2) is 5.16 Å². The molecule has 0 aliphatic rings. The molecule has 25 heavy (non-hydrogen) atoms. The number of hydrogen-bond acceptors (Lipinski definition) is 5. The van der Waals surface area contributed by atoms with Crippen LogP contribution >= 0.6 is 34.7 Å². The summed E-state index contributed by atoms with van der Waals surface area (Å²) in [5, 5.41) is 4.49. The van der Waals surface area contributed by atoms with Gasteiger partial charge >= 0.3 is 0 Å². The van der Waals surface area contributed by atoms with Crippen LogP contribution in [0.25, 0.3) is 10.2 Å². The third-order valence-corrected chi connectivity index (χ3v) is 5.83. The maximum Gasteiger partial charge on any atom is 0.271 e. The van der Waals surface area contributed by atoms with Crippen molar-refractivity contribution in [1.82, 2.24) is 9.55 Å². The van der Waals surface area contributed by atoms with Gasteiger partial charge in [-0.05, 0) is 36.6 Å². The molecule has 3 aromatic rings. The van der Waals surface area contributed by atoms with Crippen LogP contribution in [-0.2, 0) is 11.8 Å². The number of carbonyl (C=O) groups is 1. The van der Waals surface area contributed by atoms with Gasteiger partial charge in [0, 0.05) is 7.05 Å². The van der Waals surface area contributed by atoms with Crippen LogP contribution in [0.5, 0.6) is 0 Å². The number of fused-ring (bicyclic) bond motifs is 1. The molecular weight excluding hydrogens is 385 g/mol. The van der Waals surface area contributed by atoms with E-state index >= 15 is 0 Å². The number of hydrogen-bond donors (Lipinski definition) is 1. The van der Waals surface area contributed by atoms with Crippen LogP contribution in [0.15, 0.2) is 39.6 Å². The topological polar surface area (TPSA) is 64.0 Å². The van der Waals surface area contributed by atoms with Crippen molar-refractivity contribution in [3.63, 3.8) is 0 Å². The first-order valence-corrected chi connectivity index (χ1v) is 9.37. The Balaban J connectivity index is 1.79. The number of anilines is 1. The Morgan fingerprint density at radius 3 is 2.92 bits per heavy atom. The third kappa shape index (κ3) is 3.70. The molecule has 9 heteroatoms. The molecule has 0 radical (unpaired) electrons. The number of carbonyl (C=O) groups excluding carboxylic acids is 1. The average Bonchev–Trinajstić information content (AvgIpc) is 3.03. The third-order valence-electron chi connectivity index (χ3n) is 3.49. The summed E-state index contributed by atoms with van der Waals surface area (Å²) in [4.78, 5) is 29.1. The largest absolute Gasteiger partial charge is 0.324 e. The van der Waals surface area contributed by atoms with Gasteiger partial charge in [-0.3, -0.25) is 14.2 Å². The maximum atomic E-state index is 13.1. The van der Waals surface area contributed by atoms with Crippen molar-refractivity contribution in [3.05, 3.63) is 50.8 Å². The van der Waals surface area contributed by atoms with Gasteiger partial charge in [-0.2, -0.15) is 0 Å². The standard InChI is InChI=1S/C16H13ClFN3O2S2/c1-8(14(22)19-11-4-3-9(18)7-10(11)17)25-16-20-12-5-6-24-13(12)15(23)21(16)2/h3-8H,1-2H3,(H,19,22). The van der Waals surface area contributed by atoms with Crippen LogP contribution in [0.1, 0.15) is 6.92 Å². The number of amides is 1. The molecule has 2 aromatic heterocycles. The second kappa shape index (κ2) is 7.15. The molecule has 0 fully saturated rings. The fourth-order valence-corrected chi connectivity index (χ4v) is 4.00. The highest BCUT2D eigenvalue weighted by atomic mass is 35.5. The summed E-state index contributed by atoms with van der Waals surface area (Å²) in [6.07, 6.45) is 0. The predicted molar refractivity (Wildman–Crippen MR) is 100 cm³/mol. The lowest BCUT2D eigenvalue weighted by molar-refractivity contribution is -0.115. The number of thiophene rings is 1. The molecule has 0 saturated heterocycles. The van der Waals surface area contributed by atoms with Crippen LogP contribution in [0, 0.1) is 5.82 Å². The number of halogens is 2. The number of benzene rings is 1. The fraction of sp³-hybridized carbons (Fsp3) is 0.188. The number of aromatic nitrogens is 2. The van der Waals surface area contributed by atoms with E-state index in [0.29, 0.717) is 21.1 Å². The Labute approximate surface area is 155 Å². The fourth-order valence-electron chi connectivity index (χ4n) is 2.11. The van der Waals surface area contributed by atoms with E-state index in [1.54, 1.807) is 25.4 Å². The van der Waals surface area contributed by atoms with Crippen molar-refractivity contribution in [3.8, 4) is 0 Å². The molecule has 2 heterocycles. The molecule has 0 aliphatic carbocycles. The SMILES string of the molecule is CC(Sc1nc2ccsc2c(=O)n1C)C(=O)Nc1ccc(F)cc1Cl. The van der Waals surface area contributed by atoms with Gasteiger partial charge in [0.25, 0.3) is 5.56 Å². The highest BCUT2D eigenvalue weighted by Gasteiger charge is 2.19. The van der Waals surface area contributed by atoms with Gasteiger partial charge in [0.1, 0.15) is 10.5 Å². The van der Waals surface area contributed by atoms with Gasteiger partial charge in [-0.15, -0.1) is 11.3 Å². The van der Waals surface area contributed by atoms with Crippen LogP contribution in [-0.4, -0.2) is 20.7 Å². The molecule has 130 valence electrons. The zero-order valence-electron chi connectivity index (χ0n) is 13.2. The van der Waals surface area contributed by atoms with Crippen molar-refractivity contribution in [1.29, 1.82) is 0 Å². The zero-order chi connectivity index (χ0) is 18.1. The molecule has 1 unspecified atom stereocenters. The van der Waals surface area contributed by atoms with Gasteiger partial charge in [0.2, 0.25) is 5.91 Å². The van der Waals surface area contributed by atoms with Gasteiger partial charge in [-0.1, -0.05) is 23.4 Å². The van der Waals surface area contributed by atoms with Crippen molar-refractivity contribution in [2.45, 2.75) is 17.3 Å². The van der Waals surface area contributed by atoms with Crippen LogP contribution < -0.4 is 10.9 Å². The second-order valence-electron chi connectivity index (χ2n) is 5.27. The number of nitrogens with one attached hydrogen (secondary N) is 1. The first-order valence-electron chi connectivity index (χ1n) is 7.23. The van der Waals surface area contributed by atoms with E-state index in [4.69, 9.17) is 11.6 Å². The van der Waals surface area contributed by atoms with E-state index in [9.17, 15) is 14.0 Å². The van der Waals surface area contributed by atoms with Crippen molar-refractivity contribution < 1.29 is 9.18 Å². The molecule has 0 spiro atoms. The molecule has 1 aromatic carbocycles. The lowest BCUT2D eigenvalue weighted by Gasteiger charge is -2.14. The van der Waals surface area contributed by atoms with Crippen molar-refractivity contribution in [2.75, 3.05) is 5.32 Å². The quantitative estimate of drug-likeness (QED) is 0.535. The Morgan fingerprint density at radius 2 is 2.20 bits per heavy atom. The summed E-state index contributed by atoms with van der Waals surface area (Å²) < 4.78 is 15.1. The molecule has 1 atom stereocenters. The minimum atomic E-state index is -0.532. The van der Waals surface area contributed by atoms with E-state index < -0.39 is 11.1 Å². The van der Waals surface area contributed by atoms with E-state index in [-0.39, 0.29) is 16.5 Å². The minimum Gasteiger partial charge on any atom is -0.324 e. The van der Waals surface area contributed by atoms with Crippen molar-refractivity contribution >= 4 is 56.5 Å². The summed E-state index contributed by atoms with van der Waals surface area (Å²) in [5.41, 5.74) is 0.803. The molecular formula is C16H13ClFN3O2S2. The maximum absolute atomic E-state index is 13.1. The molecule has 1 N–H and O–H groups in total. The monoisotopic (exact) mass is 397 g/mol. The van der Waals surface area contributed by atoms with E-state index in [0.717, 1.165) is 6.07 Å². The Hall–Kier alpha value is -1.90. The summed E-state index contributed by atoms with van der Waals surface area (Å²) in [6.45, 7) is 1.70. The average molecular weight is 398 g/mol.